The first-order chi connectivity index (χ1) is 13.1. The number of rotatable bonds is 5. The lowest BCUT2D eigenvalue weighted by molar-refractivity contribution is -0.133. The van der Waals surface area contributed by atoms with Gasteiger partial charge < -0.3 is 15.1 Å². The van der Waals surface area contributed by atoms with E-state index in [-0.39, 0.29) is 11.8 Å². The molecule has 1 aliphatic heterocycles. The molecule has 3 rings (SSSR count). The van der Waals surface area contributed by atoms with Crippen molar-refractivity contribution in [1.82, 2.24) is 25.3 Å². The van der Waals surface area contributed by atoms with E-state index in [4.69, 9.17) is 0 Å². The van der Waals surface area contributed by atoms with Crippen molar-refractivity contribution in [2.45, 2.75) is 38.1 Å². The number of carbonyl (C=O) groups is 2. The highest BCUT2D eigenvalue weighted by Gasteiger charge is 2.25. The number of amides is 2. The number of nitrogens with zero attached hydrogens (tertiary/aromatic N) is 5. The van der Waals surface area contributed by atoms with Gasteiger partial charge >= 0.3 is 0 Å². The Balaban J connectivity index is 1.47. The third-order valence-corrected chi connectivity index (χ3v) is 5.68. The molecule has 1 saturated carbocycles. The number of hydrogen-bond donors (Lipinski definition) is 1. The van der Waals surface area contributed by atoms with Crippen LogP contribution in [0.1, 0.15) is 42.6 Å². The summed E-state index contributed by atoms with van der Waals surface area (Å²) in [6, 6.07) is 3.94. The van der Waals surface area contributed by atoms with Gasteiger partial charge in [-0.25, -0.2) is 0 Å². The van der Waals surface area contributed by atoms with E-state index in [0.717, 1.165) is 44.8 Å². The van der Waals surface area contributed by atoms with Crippen LogP contribution < -0.4 is 10.2 Å². The fourth-order valence-corrected chi connectivity index (χ4v) is 3.85. The van der Waals surface area contributed by atoms with E-state index in [1.165, 1.54) is 19.3 Å². The normalized spacial score (nSPS) is 19.0. The standard InChI is InChI=1S/C19H30N6O2/c1-20-19(27)16-8-9-17(22-21-16)25-12-10-24(11-13-25)14-18(26)23(2)15-6-4-3-5-7-15/h8-9,15H,3-7,10-14H2,1-2H3,(H,20,27). The molecule has 148 valence electrons. The predicted molar refractivity (Wildman–Crippen MR) is 104 cm³/mol. The zero-order chi connectivity index (χ0) is 19.2. The third-order valence-electron chi connectivity index (χ3n) is 5.68. The molecule has 0 atom stereocenters. The van der Waals surface area contributed by atoms with Crippen LogP contribution in [0.5, 0.6) is 0 Å². The molecule has 0 bridgehead atoms. The number of likely N-dealkylation sites (N-methyl/N-ethyl adjacent to an activating group) is 1. The van der Waals surface area contributed by atoms with Crippen molar-refractivity contribution in [3.63, 3.8) is 0 Å². The van der Waals surface area contributed by atoms with Gasteiger partial charge in [-0.1, -0.05) is 19.3 Å². The Morgan fingerprint density at radius 1 is 1.11 bits per heavy atom. The SMILES string of the molecule is CNC(=O)c1ccc(N2CCN(CC(=O)N(C)C3CCCCC3)CC2)nn1. The quantitative estimate of drug-likeness (QED) is 0.819. The van der Waals surface area contributed by atoms with Gasteiger partial charge in [0.05, 0.1) is 6.54 Å². The van der Waals surface area contributed by atoms with Gasteiger partial charge in [-0.2, -0.15) is 0 Å². The van der Waals surface area contributed by atoms with Crippen LogP contribution in [0.15, 0.2) is 12.1 Å². The fourth-order valence-electron chi connectivity index (χ4n) is 3.85. The molecule has 2 fully saturated rings. The van der Waals surface area contributed by atoms with Crippen molar-refractivity contribution in [1.29, 1.82) is 0 Å². The molecule has 1 saturated heterocycles. The number of aromatic nitrogens is 2. The van der Waals surface area contributed by atoms with Crippen LogP contribution in [-0.4, -0.2) is 84.7 Å². The average molecular weight is 374 g/mol. The second kappa shape index (κ2) is 9.12. The molecular weight excluding hydrogens is 344 g/mol. The molecule has 1 aromatic rings. The van der Waals surface area contributed by atoms with Crippen molar-refractivity contribution < 1.29 is 9.59 Å². The van der Waals surface area contributed by atoms with E-state index in [1.54, 1.807) is 13.1 Å². The predicted octanol–water partition coefficient (Wildman–Crippen LogP) is 0.749. The largest absolute Gasteiger partial charge is 0.354 e. The van der Waals surface area contributed by atoms with Crippen molar-refractivity contribution in [3.05, 3.63) is 17.8 Å². The van der Waals surface area contributed by atoms with Crippen LogP contribution in [0.3, 0.4) is 0 Å². The molecule has 1 aliphatic carbocycles. The minimum Gasteiger partial charge on any atom is -0.354 e. The molecule has 2 heterocycles. The molecule has 8 nitrogen and oxygen atoms in total. The molecule has 0 unspecified atom stereocenters. The van der Waals surface area contributed by atoms with Crippen LogP contribution >= 0.6 is 0 Å². The summed E-state index contributed by atoms with van der Waals surface area (Å²) in [6.45, 7) is 3.73. The topological polar surface area (TPSA) is 81.7 Å². The number of carbonyl (C=O) groups excluding carboxylic acids is 2. The lowest BCUT2D eigenvalue weighted by Gasteiger charge is -2.37. The average Bonchev–Trinajstić information content (AvgIpc) is 2.74. The summed E-state index contributed by atoms with van der Waals surface area (Å²) in [7, 11) is 3.53. The lowest BCUT2D eigenvalue weighted by Crippen LogP contribution is -2.51. The van der Waals surface area contributed by atoms with E-state index in [2.05, 4.69) is 25.3 Å². The molecule has 0 aromatic carbocycles. The Morgan fingerprint density at radius 2 is 1.81 bits per heavy atom. The van der Waals surface area contributed by atoms with Crippen LogP contribution in [0.2, 0.25) is 0 Å². The zero-order valence-corrected chi connectivity index (χ0v) is 16.4. The zero-order valence-electron chi connectivity index (χ0n) is 16.4. The van der Waals surface area contributed by atoms with E-state index >= 15 is 0 Å². The van der Waals surface area contributed by atoms with Gasteiger partial charge in [0.2, 0.25) is 5.91 Å². The molecule has 27 heavy (non-hydrogen) atoms. The Labute approximate surface area is 160 Å². The Hall–Kier alpha value is -2.22. The van der Waals surface area contributed by atoms with E-state index in [9.17, 15) is 9.59 Å². The van der Waals surface area contributed by atoms with Gasteiger partial charge in [-0.15, -0.1) is 10.2 Å². The molecule has 1 aromatic heterocycles. The maximum absolute atomic E-state index is 12.6. The highest BCUT2D eigenvalue weighted by Crippen LogP contribution is 2.22. The molecule has 1 N–H and O–H groups in total. The highest BCUT2D eigenvalue weighted by molar-refractivity contribution is 5.91. The van der Waals surface area contributed by atoms with Crippen LogP contribution in [0.25, 0.3) is 0 Å². The Kier molecular flexibility index (Phi) is 6.60. The van der Waals surface area contributed by atoms with E-state index in [1.807, 2.05) is 18.0 Å². The van der Waals surface area contributed by atoms with Gasteiger partial charge in [0.15, 0.2) is 11.5 Å². The van der Waals surface area contributed by atoms with Crippen molar-refractivity contribution >= 4 is 17.6 Å². The van der Waals surface area contributed by atoms with Crippen LogP contribution in [0, 0.1) is 0 Å². The molecule has 0 radical (unpaired) electrons. The summed E-state index contributed by atoms with van der Waals surface area (Å²) in [5.41, 5.74) is 0.316. The molecule has 8 heteroatoms. The number of hydrogen-bond acceptors (Lipinski definition) is 6. The Bertz CT molecular complexity index is 636. The van der Waals surface area contributed by atoms with Gasteiger partial charge in [0, 0.05) is 46.3 Å². The summed E-state index contributed by atoms with van der Waals surface area (Å²) < 4.78 is 0. The molecule has 2 aliphatic rings. The number of anilines is 1. The smallest absolute Gasteiger partial charge is 0.271 e. The maximum Gasteiger partial charge on any atom is 0.271 e. The molecule has 0 spiro atoms. The third kappa shape index (κ3) is 4.94. The monoisotopic (exact) mass is 374 g/mol. The highest BCUT2D eigenvalue weighted by atomic mass is 16.2. The summed E-state index contributed by atoms with van der Waals surface area (Å²) in [5, 5.41) is 10.7. The molecule has 2 amide bonds. The lowest BCUT2D eigenvalue weighted by atomic mass is 9.94. The van der Waals surface area contributed by atoms with Crippen molar-refractivity contribution in [2.75, 3.05) is 51.7 Å². The first-order valence-corrected chi connectivity index (χ1v) is 9.87. The Morgan fingerprint density at radius 3 is 2.41 bits per heavy atom. The van der Waals surface area contributed by atoms with Crippen LogP contribution in [0.4, 0.5) is 5.82 Å². The van der Waals surface area contributed by atoms with Crippen LogP contribution in [-0.2, 0) is 4.79 Å². The number of piperazine rings is 1. The van der Waals surface area contributed by atoms with Gasteiger partial charge in [0.1, 0.15) is 0 Å². The second-order valence-corrected chi connectivity index (χ2v) is 7.42. The minimum absolute atomic E-state index is 0.227. The van der Waals surface area contributed by atoms with Crippen molar-refractivity contribution in [3.8, 4) is 0 Å². The van der Waals surface area contributed by atoms with Gasteiger partial charge in [0.25, 0.3) is 5.91 Å². The summed E-state index contributed by atoms with van der Waals surface area (Å²) in [6.07, 6.45) is 6.05. The molecular formula is C19H30N6O2. The fraction of sp³-hybridized carbons (Fsp3) is 0.684. The van der Waals surface area contributed by atoms with Crippen molar-refractivity contribution in [2.24, 2.45) is 0 Å². The minimum atomic E-state index is -0.237. The van der Waals surface area contributed by atoms with Gasteiger partial charge in [-0.05, 0) is 25.0 Å². The number of nitrogens with one attached hydrogen (secondary N) is 1. The first kappa shape index (κ1) is 19.5. The summed E-state index contributed by atoms with van der Waals surface area (Å²) >= 11 is 0. The summed E-state index contributed by atoms with van der Waals surface area (Å²) in [5.74, 6) is 0.762. The van der Waals surface area contributed by atoms with Gasteiger partial charge in [-0.3, -0.25) is 14.5 Å². The second-order valence-electron chi connectivity index (χ2n) is 7.42. The van der Waals surface area contributed by atoms with E-state index in [0.29, 0.717) is 18.3 Å². The summed E-state index contributed by atoms with van der Waals surface area (Å²) in [4.78, 5) is 30.5. The maximum atomic E-state index is 12.6. The van der Waals surface area contributed by atoms with E-state index < -0.39 is 0 Å². The first-order valence-electron chi connectivity index (χ1n) is 9.87.